The molecule has 18 heavy (non-hydrogen) atoms. The minimum atomic E-state index is -0.566. The number of para-hydroxylation sites is 2. The number of anilines is 1. The standard InChI is InChI=1S/C11H9N3O4/c1-7-6-9(13-18-7)11(15)12-8-4-2-3-5-10(8)14(16)17/h2-6H,1H3,(H,12,15). The van der Waals surface area contributed by atoms with Crippen LogP contribution in [0.3, 0.4) is 0 Å². The highest BCUT2D eigenvalue weighted by Gasteiger charge is 2.17. The lowest BCUT2D eigenvalue weighted by Gasteiger charge is -2.03. The Hall–Kier alpha value is -2.70. The van der Waals surface area contributed by atoms with Crippen molar-refractivity contribution >= 4 is 17.3 Å². The van der Waals surface area contributed by atoms with Gasteiger partial charge in [0.05, 0.1) is 4.92 Å². The first-order valence-electron chi connectivity index (χ1n) is 5.06. The van der Waals surface area contributed by atoms with Gasteiger partial charge in [0, 0.05) is 12.1 Å². The van der Waals surface area contributed by atoms with Crippen LogP contribution in [0.15, 0.2) is 34.9 Å². The number of nitro benzene ring substituents is 1. The smallest absolute Gasteiger partial charge is 0.292 e. The maximum atomic E-state index is 11.7. The van der Waals surface area contributed by atoms with Gasteiger partial charge in [-0.05, 0) is 13.0 Å². The van der Waals surface area contributed by atoms with Crippen LogP contribution in [0.4, 0.5) is 11.4 Å². The van der Waals surface area contributed by atoms with Crippen LogP contribution in [0.5, 0.6) is 0 Å². The van der Waals surface area contributed by atoms with Crippen molar-refractivity contribution in [1.82, 2.24) is 5.16 Å². The molecular weight excluding hydrogens is 238 g/mol. The molecule has 2 rings (SSSR count). The van der Waals surface area contributed by atoms with E-state index in [0.717, 1.165) is 0 Å². The predicted molar refractivity (Wildman–Crippen MR) is 62.3 cm³/mol. The van der Waals surface area contributed by atoms with Crippen molar-refractivity contribution in [2.45, 2.75) is 6.92 Å². The first-order chi connectivity index (χ1) is 8.58. The summed E-state index contributed by atoms with van der Waals surface area (Å²) >= 11 is 0. The van der Waals surface area contributed by atoms with Gasteiger partial charge in [-0.1, -0.05) is 17.3 Å². The lowest BCUT2D eigenvalue weighted by atomic mass is 10.2. The molecule has 0 spiro atoms. The zero-order chi connectivity index (χ0) is 13.1. The van der Waals surface area contributed by atoms with Gasteiger partial charge in [-0.25, -0.2) is 0 Å². The maximum absolute atomic E-state index is 11.7. The third-order valence-electron chi connectivity index (χ3n) is 2.21. The quantitative estimate of drug-likeness (QED) is 0.661. The van der Waals surface area contributed by atoms with Crippen LogP contribution in [-0.2, 0) is 0 Å². The number of carbonyl (C=O) groups is 1. The average Bonchev–Trinajstić information content (AvgIpc) is 2.76. The monoisotopic (exact) mass is 247 g/mol. The third kappa shape index (κ3) is 2.34. The molecule has 2 aromatic rings. The summed E-state index contributed by atoms with van der Waals surface area (Å²) in [7, 11) is 0. The summed E-state index contributed by atoms with van der Waals surface area (Å²) in [6.07, 6.45) is 0. The Morgan fingerprint density at radius 1 is 1.44 bits per heavy atom. The lowest BCUT2D eigenvalue weighted by Crippen LogP contribution is -2.13. The van der Waals surface area contributed by atoms with Gasteiger partial charge in [0.2, 0.25) is 0 Å². The highest BCUT2D eigenvalue weighted by Crippen LogP contribution is 2.23. The molecule has 7 nitrogen and oxygen atoms in total. The van der Waals surface area contributed by atoms with E-state index in [0.29, 0.717) is 5.76 Å². The van der Waals surface area contributed by atoms with Gasteiger partial charge < -0.3 is 9.84 Å². The highest BCUT2D eigenvalue weighted by atomic mass is 16.6. The number of nitrogens with one attached hydrogen (secondary N) is 1. The zero-order valence-corrected chi connectivity index (χ0v) is 9.41. The number of hydrogen-bond acceptors (Lipinski definition) is 5. The lowest BCUT2D eigenvalue weighted by molar-refractivity contribution is -0.383. The van der Waals surface area contributed by atoms with E-state index in [-0.39, 0.29) is 17.1 Å². The zero-order valence-electron chi connectivity index (χ0n) is 9.41. The third-order valence-corrected chi connectivity index (χ3v) is 2.21. The van der Waals surface area contributed by atoms with Crippen LogP contribution >= 0.6 is 0 Å². The van der Waals surface area contributed by atoms with E-state index in [9.17, 15) is 14.9 Å². The molecular formula is C11H9N3O4. The van der Waals surface area contributed by atoms with Crippen molar-refractivity contribution in [2.24, 2.45) is 0 Å². The Labute approximate surface area is 102 Å². The normalized spacial score (nSPS) is 10.1. The first kappa shape index (κ1) is 11.8. The minimum Gasteiger partial charge on any atom is -0.361 e. The van der Waals surface area contributed by atoms with E-state index >= 15 is 0 Å². The van der Waals surface area contributed by atoms with Crippen molar-refractivity contribution in [2.75, 3.05) is 5.32 Å². The molecule has 7 heteroatoms. The van der Waals surface area contributed by atoms with Crippen molar-refractivity contribution in [3.8, 4) is 0 Å². The summed E-state index contributed by atoms with van der Waals surface area (Å²) in [5, 5.41) is 16.7. The molecule has 1 amide bonds. The molecule has 92 valence electrons. The van der Waals surface area contributed by atoms with Gasteiger partial charge in [0.25, 0.3) is 11.6 Å². The summed E-state index contributed by atoms with van der Waals surface area (Å²) in [4.78, 5) is 21.9. The van der Waals surface area contributed by atoms with Crippen LogP contribution in [0.2, 0.25) is 0 Å². The number of nitrogens with zero attached hydrogens (tertiary/aromatic N) is 2. The Balaban J connectivity index is 2.24. The van der Waals surface area contributed by atoms with E-state index in [1.54, 1.807) is 13.0 Å². The number of aryl methyl sites for hydroxylation is 1. The predicted octanol–water partition coefficient (Wildman–Crippen LogP) is 2.14. The Morgan fingerprint density at radius 2 is 2.17 bits per heavy atom. The molecule has 0 aliphatic rings. The number of amides is 1. The fourth-order valence-corrected chi connectivity index (χ4v) is 1.40. The van der Waals surface area contributed by atoms with E-state index in [1.807, 2.05) is 0 Å². The summed E-state index contributed by atoms with van der Waals surface area (Å²) in [5.41, 5.74) is 0.0184. The molecule has 1 aromatic carbocycles. The van der Waals surface area contributed by atoms with Crippen molar-refractivity contribution in [3.63, 3.8) is 0 Å². The SMILES string of the molecule is Cc1cc(C(=O)Nc2ccccc2[N+](=O)[O-])no1. The van der Waals surface area contributed by atoms with Gasteiger partial charge in [0.1, 0.15) is 11.4 Å². The van der Waals surface area contributed by atoms with Crippen molar-refractivity contribution < 1.29 is 14.2 Å². The molecule has 0 radical (unpaired) electrons. The topological polar surface area (TPSA) is 98.3 Å². The molecule has 0 fully saturated rings. The molecule has 0 bridgehead atoms. The summed E-state index contributed by atoms with van der Waals surface area (Å²) in [6, 6.07) is 7.32. The van der Waals surface area contributed by atoms with Crippen LogP contribution < -0.4 is 5.32 Å². The number of nitro groups is 1. The van der Waals surface area contributed by atoms with Gasteiger partial charge in [-0.15, -0.1) is 0 Å². The molecule has 0 saturated carbocycles. The minimum absolute atomic E-state index is 0.0747. The van der Waals surface area contributed by atoms with Crippen LogP contribution in [-0.4, -0.2) is 16.0 Å². The maximum Gasteiger partial charge on any atom is 0.292 e. The largest absolute Gasteiger partial charge is 0.361 e. The molecule has 0 saturated heterocycles. The molecule has 0 unspecified atom stereocenters. The number of aromatic nitrogens is 1. The second-order valence-electron chi connectivity index (χ2n) is 3.55. The summed E-state index contributed by atoms with van der Waals surface area (Å²) in [6.45, 7) is 1.65. The van der Waals surface area contributed by atoms with Gasteiger partial charge in [-0.3, -0.25) is 14.9 Å². The number of hydrogen-bond donors (Lipinski definition) is 1. The molecule has 0 aliphatic carbocycles. The number of rotatable bonds is 3. The Kier molecular flexibility index (Phi) is 3.05. The fourth-order valence-electron chi connectivity index (χ4n) is 1.40. The Bertz CT molecular complexity index is 606. The summed E-state index contributed by atoms with van der Waals surface area (Å²) in [5.74, 6) is -0.0659. The summed E-state index contributed by atoms with van der Waals surface area (Å²) < 4.78 is 4.76. The van der Waals surface area contributed by atoms with Crippen LogP contribution in [0, 0.1) is 17.0 Å². The van der Waals surface area contributed by atoms with Crippen molar-refractivity contribution in [3.05, 3.63) is 51.9 Å². The number of benzene rings is 1. The van der Waals surface area contributed by atoms with Gasteiger partial charge in [0.15, 0.2) is 5.69 Å². The van der Waals surface area contributed by atoms with E-state index in [2.05, 4.69) is 10.5 Å². The second-order valence-corrected chi connectivity index (χ2v) is 3.55. The fraction of sp³-hybridized carbons (Fsp3) is 0.0909. The second kappa shape index (κ2) is 4.66. The highest BCUT2D eigenvalue weighted by molar-refractivity contribution is 6.04. The van der Waals surface area contributed by atoms with Gasteiger partial charge in [-0.2, -0.15) is 0 Å². The molecule has 1 aromatic heterocycles. The Morgan fingerprint density at radius 3 is 2.78 bits per heavy atom. The van der Waals surface area contributed by atoms with E-state index in [4.69, 9.17) is 4.52 Å². The molecule has 0 aliphatic heterocycles. The van der Waals surface area contributed by atoms with Gasteiger partial charge >= 0.3 is 0 Å². The van der Waals surface area contributed by atoms with Crippen molar-refractivity contribution in [1.29, 1.82) is 0 Å². The van der Waals surface area contributed by atoms with Crippen LogP contribution in [0.25, 0.3) is 0 Å². The van der Waals surface area contributed by atoms with Crippen LogP contribution in [0.1, 0.15) is 16.2 Å². The van der Waals surface area contributed by atoms with E-state index < -0.39 is 10.8 Å². The molecule has 1 heterocycles. The van der Waals surface area contributed by atoms with E-state index in [1.165, 1.54) is 24.3 Å². The molecule has 1 N–H and O–H groups in total. The number of carbonyl (C=O) groups excluding carboxylic acids is 1. The molecule has 0 atom stereocenters. The average molecular weight is 247 g/mol. The first-order valence-corrected chi connectivity index (χ1v) is 5.06.